The summed E-state index contributed by atoms with van der Waals surface area (Å²) >= 11 is 6.21. The maximum atomic E-state index is 12.8. The molecule has 1 aliphatic rings. The number of carbonyl (C=O) groups is 1. The van der Waals surface area contributed by atoms with Crippen molar-refractivity contribution in [3.05, 3.63) is 77.1 Å². The third-order valence-electron chi connectivity index (χ3n) is 5.14. The second-order valence-corrected chi connectivity index (χ2v) is 7.31. The second-order valence-electron chi connectivity index (χ2n) is 6.90. The maximum Gasteiger partial charge on any atom is 0.227 e. The molecule has 2 heterocycles. The van der Waals surface area contributed by atoms with E-state index in [0.29, 0.717) is 17.4 Å². The van der Waals surface area contributed by atoms with Crippen LogP contribution in [0.25, 0.3) is 10.8 Å². The molecule has 3 nitrogen and oxygen atoms in total. The zero-order valence-electron chi connectivity index (χ0n) is 14.6. The van der Waals surface area contributed by atoms with Gasteiger partial charge in [0.1, 0.15) is 0 Å². The lowest BCUT2D eigenvalue weighted by molar-refractivity contribution is -0.131. The molecule has 0 aliphatic carbocycles. The van der Waals surface area contributed by atoms with Crippen LogP contribution >= 0.6 is 11.6 Å². The van der Waals surface area contributed by atoms with Gasteiger partial charge >= 0.3 is 0 Å². The van der Waals surface area contributed by atoms with Crippen molar-refractivity contribution in [2.45, 2.75) is 25.2 Å². The van der Waals surface area contributed by atoms with E-state index in [1.807, 2.05) is 47.5 Å². The van der Waals surface area contributed by atoms with Gasteiger partial charge in [-0.1, -0.05) is 54.1 Å². The minimum absolute atomic E-state index is 0.142. The van der Waals surface area contributed by atoms with Crippen molar-refractivity contribution in [1.29, 1.82) is 0 Å². The predicted molar refractivity (Wildman–Crippen MR) is 105 cm³/mol. The molecule has 0 radical (unpaired) electrons. The zero-order valence-corrected chi connectivity index (χ0v) is 15.3. The molecule has 132 valence electrons. The average molecular weight is 365 g/mol. The standard InChI is InChI=1S/C22H21ClN2O/c23-20-10-4-3-7-17(20)13-22(26)25-11-5-9-19(15-25)21-12-16-6-1-2-8-18(16)14-24-21/h1-4,6-8,10,12,14,19H,5,9,11,13,15H2/t19-/m1/s1. The molecule has 1 fully saturated rings. The fourth-order valence-corrected chi connectivity index (χ4v) is 3.89. The van der Waals surface area contributed by atoms with E-state index in [1.165, 1.54) is 5.39 Å². The summed E-state index contributed by atoms with van der Waals surface area (Å²) in [6.45, 7) is 1.54. The van der Waals surface area contributed by atoms with E-state index in [4.69, 9.17) is 11.6 Å². The first kappa shape index (κ1) is 17.0. The summed E-state index contributed by atoms with van der Waals surface area (Å²) in [5.41, 5.74) is 1.98. The number of likely N-dealkylation sites (tertiary alicyclic amines) is 1. The third kappa shape index (κ3) is 3.58. The number of amides is 1. The van der Waals surface area contributed by atoms with Crippen molar-refractivity contribution in [1.82, 2.24) is 9.88 Å². The summed E-state index contributed by atoms with van der Waals surface area (Å²) < 4.78 is 0. The van der Waals surface area contributed by atoms with E-state index < -0.39 is 0 Å². The van der Waals surface area contributed by atoms with E-state index in [2.05, 4.69) is 23.2 Å². The molecule has 1 aliphatic heterocycles. The third-order valence-corrected chi connectivity index (χ3v) is 5.51. The van der Waals surface area contributed by atoms with E-state index in [9.17, 15) is 4.79 Å². The molecule has 0 saturated carbocycles. The normalized spacial score (nSPS) is 17.4. The summed E-state index contributed by atoms with van der Waals surface area (Å²) in [5.74, 6) is 0.437. The van der Waals surface area contributed by atoms with E-state index in [-0.39, 0.29) is 5.91 Å². The first-order valence-electron chi connectivity index (χ1n) is 9.06. The first-order chi connectivity index (χ1) is 12.7. The molecule has 0 spiro atoms. The highest BCUT2D eigenvalue weighted by molar-refractivity contribution is 6.31. The minimum Gasteiger partial charge on any atom is -0.342 e. The van der Waals surface area contributed by atoms with Gasteiger partial charge in [-0.25, -0.2) is 0 Å². The largest absolute Gasteiger partial charge is 0.342 e. The molecule has 0 unspecified atom stereocenters. The predicted octanol–water partition coefficient (Wildman–Crippen LogP) is 4.84. The molecular weight excluding hydrogens is 344 g/mol. The van der Waals surface area contributed by atoms with Crippen LogP contribution in [0, 0.1) is 0 Å². The van der Waals surface area contributed by atoms with Crippen LogP contribution in [-0.2, 0) is 11.2 Å². The molecule has 3 aromatic rings. The monoisotopic (exact) mass is 364 g/mol. The molecule has 1 saturated heterocycles. The average Bonchev–Trinajstić information content (AvgIpc) is 2.69. The number of nitrogens with zero attached hydrogens (tertiary/aromatic N) is 2. The Morgan fingerprint density at radius 3 is 2.73 bits per heavy atom. The van der Waals surface area contributed by atoms with Crippen LogP contribution in [0.3, 0.4) is 0 Å². The number of fused-ring (bicyclic) bond motifs is 1. The van der Waals surface area contributed by atoms with Crippen molar-refractivity contribution in [3.63, 3.8) is 0 Å². The van der Waals surface area contributed by atoms with Gasteiger partial charge in [0.05, 0.1) is 6.42 Å². The van der Waals surface area contributed by atoms with E-state index in [1.54, 1.807) is 0 Å². The van der Waals surface area contributed by atoms with Crippen LogP contribution in [0.4, 0.5) is 0 Å². The number of carbonyl (C=O) groups excluding carboxylic acids is 1. The first-order valence-corrected chi connectivity index (χ1v) is 9.44. The van der Waals surface area contributed by atoms with Gasteiger partial charge < -0.3 is 4.90 Å². The van der Waals surface area contributed by atoms with Gasteiger partial charge in [-0.3, -0.25) is 9.78 Å². The van der Waals surface area contributed by atoms with Crippen molar-refractivity contribution >= 4 is 28.3 Å². The number of halogens is 1. The number of hydrogen-bond donors (Lipinski definition) is 0. The Morgan fingerprint density at radius 1 is 1.12 bits per heavy atom. The second kappa shape index (κ2) is 7.46. The number of aromatic nitrogens is 1. The van der Waals surface area contributed by atoms with Gasteiger partial charge in [-0.05, 0) is 35.9 Å². The molecule has 1 atom stereocenters. The van der Waals surface area contributed by atoms with Gasteiger partial charge in [0.2, 0.25) is 5.91 Å². The maximum absolute atomic E-state index is 12.8. The van der Waals surface area contributed by atoms with Crippen LogP contribution in [0.5, 0.6) is 0 Å². The molecule has 0 N–H and O–H groups in total. The van der Waals surface area contributed by atoms with Crippen molar-refractivity contribution < 1.29 is 4.79 Å². The molecule has 4 heteroatoms. The minimum atomic E-state index is 0.142. The lowest BCUT2D eigenvalue weighted by Crippen LogP contribution is -2.40. The Kier molecular flexibility index (Phi) is 4.89. The number of rotatable bonds is 3. The van der Waals surface area contributed by atoms with E-state index >= 15 is 0 Å². The summed E-state index contributed by atoms with van der Waals surface area (Å²) in [4.78, 5) is 19.4. The summed E-state index contributed by atoms with van der Waals surface area (Å²) in [6.07, 6.45) is 4.38. The molecule has 1 aromatic heterocycles. The van der Waals surface area contributed by atoms with Crippen LogP contribution in [0.1, 0.15) is 30.0 Å². The molecule has 4 rings (SSSR count). The number of pyridine rings is 1. The molecule has 1 amide bonds. The van der Waals surface area contributed by atoms with Crippen LogP contribution in [0.15, 0.2) is 60.8 Å². The molecule has 2 aromatic carbocycles. The van der Waals surface area contributed by atoms with Crippen LogP contribution < -0.4 is 0 Å². The topological polar surface area (TPSA) is 33.2 Å². The highest BCUT2D eigenvalue weighted by Gasteiger charge is 2.26. The molecule has 26 heavy (non-hydrogen) atoms. The lowest BCUT2D eigenvalue weighted by atomic mass is 9.93. The Balaban J connectivity index is 1.49. The highest BCUT2D eigenvalue weighted by atomic mass is 35.5. The zero-order chi connectivity index (χ0) is 17.9. The van der Waals surface area contributed by atoms with Gasteiger partial charge in [0, 0.05) is 41.3 Å². The van der Waals surface area contributed by atoms with Crippen molar-refractivity contribution in [3.8, 4) is 0 Å². The van der Waals surface area contributed by atoms with Gasteiger partial charge in [-0.2, -0.15) is 0 Å². The van der Waals surface area contributed by atoms with Gasteiger partial charge in [0.25, 0.3) is 0 Å². The fourth-order valence-electron chi connectivity index (χ4n) is 3.69. The Morgan fingerprint density at radius 2 is 1.88 bits per heavy atom. The molecule has 0 bridgehead atoms. The Labute approximate surface area is 158 Å². The summed E-state index contributed by atoms with van der Waals surface area (Å²) in [7, 11) is 0. The van der Waals surface area contributed by atoms with Crippen molar-refractivity contribution in [2.75, 3.05) is 13.1 Å². The number of benzene rings is 2. The Bertz CT molecular complexity index is 940. The van der Waals surface area contributed by atoms with Crippen molar-refractivity contribution in [2.24, 2.45) is 0 Å². The fraction of sp³-hybridized carbons (Fsp3) is 0.273. The number of hydrogen-bond acceptors (Lipinski definition) is 2. The Hall–Kier alpha value is -2.39. The summed E-state index contributed by atoms with van der Waals surface area (Å²) in [5, 5.41) is 3.02. The summed E-state index contributed by atoms with van der Waals surface area (Å²) in [6, 6.07) is 18.0. The lowest BCUT2D eigenvalue weighted by Gasteiger charge is -2.32. The highest BCUT2D eigenvalue weighted by Crippen LogP contribution is 2.28. The number of piperidine rings is 1. The van der Waals surface area contributed by atoms with Gasteiger partial charge in [0.15, 0.2) is 0 Å². The van der Waals surface area contributed by atoms with Crippen LogP contribution in [-0.4, -0.2) is 28.9 Å². The van der Waals surface area contributed by atoms with E-state index in [0.717, 1.165) is 42.6 Å². The van der Waals surface area contributed by atoms with Crippen LogP contribution in [0.2, 0.25) is 5.02 Å². The van der Waals surface area contributed by atoms with Gasteiger partial charge in [-0.15, -0.1) is 0 Å². The SMILES string of the molecule is O=C(Cc1ccccc1Cl)N1CCC[C@@H](c2cc3ccccc3cn2)C1. The molecular formula is C22H21ClN2O. The smallest absolute Gasteiger partial charge is 0.227 e. The quantitative estimate of drug-likeness (QED) is 0.666.